The predicted molar refractivity (Wildman–Crippen MR) is 67.0 cm³/mol. The highest BCUT2D eigenvalue weighted by Gasteiger charge is 2.37. The predicted octanol–water partition coefficient (Wildman–Crippen LogP) is 3.56. The molecule has 2 N–H and O–H groups in total. The largest absolute Gasteiger partial charge is 0.373 e. The molecule has 0 spiro atoms. The maximum absolute atomic E-state index is 6.23. The Hall–Kier alpha value is -0.280. The minimum atomic E-state index is -0.281. The summed E-state index contributed by atoms with van der Waals surface area (Å²) in [7, 11) is 0. The monoisotopic (exact) mass is 259 g/mol. The van der Waals surface area contributed by atoms with Crippen molar-refractivity contribution in [2.24, 2.45) is 5.73 Å². The lowest BCUT2D eigenvalue weighted by Gasteiger charge is -2.30. The summed E-state index contributed by atoms with van der Waals surface area (Å²) in [4.78, 5) is 0. The Labute approximate surface area is 106 Å². The van der Waals surface area contributed by atoms with Gasteiger partial charge in [-0.2, -0.15) is 0 Å². The molecule has 0 radical (unpaired) electrons. The van der Waals surface area contributed by atoms with Gasteiger partial charge in [0.1, 0.15) is 0 Å². The van der Waals surface area contributed by atoms with Crippen LogP contribution < -0.4 is 5.73 Å². The van der Waals surface area contributed by atoms with Crippen molar-refractivity contribution in [3.8, 4) is 0 Å². The smallest absolute Gasteiger partial charge is 0.0847 e. The van der Waals surface area contributed by atoms with E-state index in [4.69, 9.17) is 33.7 Å². The lowest BCUT2D eigenvalue weighted by molar-refractivity contribution is -0.00173. The first-order valence-corrected chi connectivity index (χ1v) is 6.13. The quantitative estimate of drug-likeness (QED) is 0.882. The first kappa shape index (κ1) is 12.2. The van der Waals surface area contributed by atoms with E-state index in [2.05, 4.69) is 0 Å². The fraction of sp³-hybridized carbons (Fsp3) is 0.500. The molecule has 0 aromatic heterocycles. The molecule has 1 aliphatic heterocycles. The van der Waals surface area contributed by atoms with Gasteiger partial charge in [-0.3, -0.25) is 0 Å². The number of benzene rings is 1. The van der Waals surface area contributed by atoms with Gasteiger partial charge in [-0.1, -0.05) is 29.3 Å². The van der Waals surface area contributed by atoms with Gasteiger partial charge >= 0.3 is 0 Å². The van der Waals surface area contributed by atoms with E-state index in [-0.39, 0.29) is 11.6 Å². The zero-order valence-electron chi connectivity index (χ0n) is 9.17. The molecule has 2 atom stereocenters. The van der Waals surface area contributed by atoms with E-state index in [1.54, 1.807) is 6.07 Å². The van der Waals surface area contributed by atoms with Crippen LogP contribution in [0.25, 0.3) is 0 Å². The van der Waals surface area contributed by atoms with E-state index in [9.17, 15) is 0 Å². The summed E-state index contributed by atoms with van der Waals surface area (Å²) >= 11 is 11.9. The number of hydrogen-bond acceptors (Lipinski definition) is 2. The highest BCUT2D eigenvalue weighted by molar-refractivity contribution is 6.42. The molecule has 2 rings (SSSR count). The molecular formula is C12H15Cl2NO. The number of halogens is 2. The van der Waals surface area contributed by atoms with Crippen LogP contribution in [0.1, 0.15) is 31.4 Å². The fourth-order valence-electron chi connectivity index (χ4n) is 2.10. The van der Waals surface area contributed by atoms with Crippen molar-refractivity contribution < 1.29 is 4.74 Å². The topological polar surface area (TPSA) is 35.2 Å². The summed E-state index contributed by atoms with van der Waals surface area (Å²) < 4.78 is 5.73. The molecule has 1 aliphatic rings. The highest BCUT2D eigenvalue weighted by Crippen LogP contribution is 2.37. The van der Waals surface area contributed by atoms with Gasteiger partial charge in [0.05, 0.1) is 21.7 Å². The Morgan fingerprint density at radius 1 is 1.38 bits per heavy atom. The average molecular weight is 260 g/mol. The molecule has 0 amide bonds. The molecular weight excluding hydrogens is 245 g/mol. The minimum Gasteiger partial charge on any atom is -0.373 e. The molecule has 16 heavy (non-hydrogen) atoms. The van der Waals surface area contributed by atoms with E-state index in [1.165, 1.54) is 0 Å². The molecule has 0 aliphatic carbocycles. The molecule has 1 saturated heterocycles. The summed E-state index contributed by atoms with van der Waals surface area (Å²) in [5, 5.41) is 1.09. The Morgan fingerprint density at radius 2 is 2.12 bits per heavy atom. The molecule has 1 aromatic rings. The van der Waals surface area contributed by atoms with Gasteiger partial charge in [0.15, 0.2) is 0 Å². The second-order valence-electron chi connectivity index (χ2n) is 4.42. The van der Waals surface area contributed by atoms with E-state index >= 15 is 0 Å². The van der Waals surface area contributed by atoms with Crippen LogP contribution in [0, 0.1) is 0 Å². The Bertz CT molecular complexity index is 389. The van der Waals surface area contributed by atoms with Gasteiger partial charge in [-0.25, -0.2) is 0 Å². The van der Waals surface area contributed by atoms with Crippen LogP contribution >= 0.6 is 23.2 Å². The SMILES string of the molecule is CC1(C(N)c2ccc(Cl)c(Cl)c2)CCCO1. The van der Waals surface area contributed by atoms with Gasteiger partial charge in [-0.15, -0.1) is 0 Å². The maximum Gasteiger partial charge on any atom is 0.0847 e. The van der Waals surface area contributed by atoms with Crippen LogP contribution in [0.2, 0.25) is 10.0 Å². The summed E-state index contributed by atoms with van der Waals surface area (Å²) in [6.45, 7) is 2.83. The van der Waals surface area contributed by atoms with Gasteiger partial charge in [0.25, 0.3) is 0 Å². The van der Waals surface area contributed by atoms with Crippen molar-refractivity contribution in [1.29, 1.82) is 0 Å². The standard InChI is InChI=1S/C12H15Cl2NO/c1-12(5-2-6-16-12)11(15)8-3-4-9(13)10(14)7-8/h3-4,7,11H,2,5-6,15H2,1H3. The molecule has 2 unspecified atom stereocenters. The summed E-state index contributed by atoms with van der Waals surface area (Å²) in [6.07, 6.45) is 2.04. The third-order valence-corrected chi connectivity index (χ3v) is 3.95. The Balaban J connectivity index is 2.26. The maximum atomic E-state index is 6.23. The van der Waals surface area contributed by atoms with E-state index in [1.807, 2.05) is 19.1 Å². The lowest BCUT2D eigenvalue weighted by atomic mass is 9.88. The van der Waals surface area contributed by atoms with Gasteiger partial charge < -0.3 is 10.5 Å². The fourth-order valence-corrected chi connectivity index (χ4v) is 2.41. The molecule has 88 valence electrons. The van der Waals surface area contributed by atoms with Crippen LogP contribution in [0.3, 0.4) is 0 Å². The zero-order valence-corrected chi connectivity index (χ0v) is 10.7. The summed E-state index contributed by atoms with van der Waals surface area (Å²) in [6, 6.07) is 5.34. The normalized spacial score (nSPS) is 27.0. The van der Waals surface area contributed by atoms with Crippen molar-refractivity contribution in [3.05, 3.63) is 33.8 Å². The number of rotatable bonds is 2. The van der Waals surface area contributed by atoms with E-state index < -0.39 is 0 Å². The molecule has 4 heteroatoms. The third kappa shape index (κ3) is 2.21. The van der Waals surface area contributed by atoms with Crippen LogP contribution in [0.15, 0.2) is 18.2 Å². The van der Waals surface area contributed by atoms with Gasteiger partial charge in [0, 0.05) is 6.61 Å². The molecule has 0 bridgehead atoms. The van der Waals surface area contributed by atoms with Crippen LogP contribution in [0.4, 0.5) is 0 Å². The van der Waals surface area contributed by atoms with Gasteiger partial charge in [-0.05, 0) is 37.5 Å². The number of nitrogens with two attached hydrogens (primary N) is 1. The average Bonchev–Trinajstić information content (AvgIpc) is 2.70. The van der Waals surface area contributed by atoms with Crippen LogP contribution in [-0.2, 0) is 4.74 Å². The number of ether oxygens (including phenoxy) is 1. The van der Waals surface area contributed by atoms with E-state index in [0.717, 1.165) is 25.0 Å². The second-order valence-corrected chi connectivity index (χ2v) is 5.23. The molecule has 1 fully saturated rings. The molecule has 1 aromatic carbocycles. The third-order valence-electron chi connectivity index (χ3n) is 3.21. The summed E-state index contributed by atoms with van der Waals surface area (Å²) in [5.41, 5.74) is 6.92. The Morgan fingerprint density at radius 3 is 2.69 bits per heavy atom. The van der Waals surface area contributed by atoms with Crippen molar-refractivity contribution in [2.75, 3.05) is 6.61 Å². The van der Waals surface area contributed by atoms with Crippen molar-refractivity contribution in [3.63, 3.8) is 0 Å². The molecule has 2 nitrogen and oxygen atoms in total. The van der Waals surface area contributed by atoms with Gasteiger partial charge in [0.2, 0.25) is 0 Å². The second kappa shape index (κ2) is 4.53. The lowest BCUT2D eigenvalue weighted by Crippen LogP contribution is -2.37. The first-order valence-electron chi connectivity index (χ1n) is 5.37. The Kier molecular flexibility index (Phi) is 3.45. The van der Waals surface area contributed by atoms with Crippen LogP contribution in [-0.4, -0.2) is 12.2 Å². The van der Waals surface area contributed by atoms with Crippen molar-refractivity contribution in [2.45, 2.75) is 31.4 Å². The van der Waals surface area contributed by atoms with Crippen molar-refractivity contribution >= 4 is 23.2 Å². The first-order chi connectivity index (χ1) is 7.53. The zero-order chi connectivity index (χ0) is 11.8. The molecule has 0 saturated carbocycles. The van der Waals surface area contributed by atoms with Crippen molar-refractivity contribution in [1.82, 2.24) is 0 Å². The molecule has 1 heterocycles. The van der Waals surface area contributed by atoms with Crippen LogP contribution in [0.5, 0.6) is 0 Å². The van der Waals surface area contributed by atoms with E-state index in [0.29, 0.717) is 10.0 Å². The highest BCUT2D eigenvalue weighted by atomic mass is 35.5. The summed E-state index contributed by atoms with van der Waals surface area (Å²) in [5.74, 6) is 0. The number of hydrogen-bond donors (Lipinski definition) is 1. The minimum absolute atomic E-state index is 0.162.